The normalized spacial score (nSPS) is 24.0. The molecule has 1 aromatic heterocycles. The summed E-state index contributed by atoms with van der Waals surface area (Å²) in [6.45, 7) is 6.86. The minimum absolute atomic E-state index is 0.0307. The Labute approximate surface area is 159 Å². The van der Waals surface area contributed by atoms with Crippen molar-refractivity contribution in [1.82, 2.24) is 9.88 Å². The molecule has 9 nitrogen and oxygen atoms in total. The highest BCUT2D eigenvalue weighted by atomic mass is 16.7. The van der Waals surface area contributed by atoms with Gasteiger partial charge in [-0.2, -0.15) is 0 Å². The molecule has 0 radical (unpaired) electrons. The molecule has 1 aromatic rings. The molecule has 27 heavy (non-hydrogen) atoms. The van der Waals surface area contributed by atoms with Gasteiger partial charge in [-0.15, -0.1) is 0 Å². The average Bonchev–Trinajstić information content (AvgIpc) is 3.16. The first-order chi connectivity index (χ1) is 13.1. The second-order valence-electron chi connectivity index (χ2n) is 7.44. The summed E-state index contributed by atoms with van der Waals surface area (Å²) in [7, 11) is 2.13. The molecule has 3 aliphatic heterocycles. The van der Waals surface area contributed by atoms with Crippen molar-refractivity contribution in [1.29, 1.82) is 0 Å². The minimum atomic E-state index is -0.417. The maximum Gasteiger partial charge on any atom is 0.188 e. The van der Waals surface area contributed by atoms with Gasteiger partial charge in [0.25, 0.3) is 0 Å². The Morgan fingerprint density at radius 2 is 1.74 bits per heavy atom. The van der Waals surface area contributed by atoms with Gasteiger partial charge in [0.05, 0.1) is 13.2 Å². The van der Waals surface area contributed by atoms with E-state index in [1.165, 1.54) is 0 Å². The van der Waals surface area contributed by atoms with Gasteiger partial charge in [0.1, 0.15) is 11.5 Å². The van der Waals surface area contributed by atoms with Crippen molar-refractivity contribution in [2.24, 2.45) is 10.9 Å². The first-order valence-corrected chi connectivity index (χ1v) is 9.55. The SMILES string of the molecule is CN1CCN(c2cc(/C(N)=N/O)nc(N3CCC4(CC3)OCCO4)c2)CC1. The molecule has 3 saturated heterocycles. The van der Waals surface area contributed by atoms with Crippen LogP contribution in [-0.4, -0.2) is 86.2 Å². The Hall–Kier alpha value is -2.10. The topological polar surface area (TPSA) is 99.7 Å². The predicted molar refractivity (Wildman–Crippen MR) is 103 cm³/mol. The van der Waals surface area contributed by atoms with Gasteiger partial charge in [-0.1, -0.05) is 5.16 Å². The first-order valence-electron chi connectivity index (χ1n) is 9.55. The van der Waals surface area contributed by atoms with Crippen molar-refractivity contribution in [3.8, 4) is 0 Å². The van der Waals surface area contributed by atoms with Crippen LogP contribution in [0.4, 0.5) is 11.5 Å². The molecule has 3 aliphatic rings. The number of pyridine rings is 1. The van der Waals surface area contributed by atoms with Crippen molar-refractivity contribution in [2.75, 3.05) is 69.3 Å². The largest absolute Gasteiger partial charge is 0.409 e. The summed E-state index contributed by atoms with van der Waals surface area (Å²) in [5.74, 6) is 0.462. The fourth-order valence-electron chi connectivity index (χ4n) is 3.96. The fraction of sp³-hybridized carbons (Fsp3) is 0.667. The van der Waals surface area contributed by atoms with Gasteiger partial charge in [-0.25, -0.2) is 4.98 Å². The van der Waals surface area contributed by atoms with Gasteiger partial charge < -0.3 is 35.1 Å². The van der Waals surface area contributed by atoms with Crippen LogP contribution in [0.25, 0.3) is 0 Å². The Balaban J connectivity index is 1.57. The van der Waals surface area contributed by atoms with E-state index in [0.717, 1.165) is 63.6 Å². The van der Waals surface area contributed by atoms with Crippen molar-refractivity contribution >= 4 is 17.3 Å². The lowest BCUT2D eigenvalue weighted by Gasteiger charge is -2.39. The molecule has 0 amide bonds. The number of rotatable bonds is 3. The molecule has 3 N–H and O–H groups in total. The highest BCUT2D eigenvalue weighted by molar-refractivity contribution is 5.96. The van der Waals surface area contributed by atoms with Gasteiger partial charge in [-0.3, -0.25) is 0 Å². The summed E-state index contributed by atoms with van der Waals surface area (Å²) in [5.41, 5.74) is 7.42. The van der Waals surface area contributed by atoms with Crippen LogP contribution in [-0.2, 0) is 9.47 Å². The number of ether oxygens (including phenoxy) is 2. The molecule has 0 saturated carbocycles. The van der Waals surface area contributed by atoms with Crippen LogP contribution in [0.3, 0.4) is 0 Å². The summed E-state index contributed by atoms with van der Waals surface area (Å²) in [6, 6.07) is 4.01. The molecule has 4 rings (SSSR count). The number of aromatic nitrogens is 1. The quantitative estimate of drug-likeness (QED) is 0.336. The molecule has 3 fully saturated rings. The van der Waals surface area contributed by atoms with E-state index < -0.39 is 5.79 Å². The zero-order valence-electron chi connectivity index (χ0n) is 15.8. The van der Waals surface area contributed by atoms with Gasteiger partial charge in [-0.05, 0) is 13.1 Å². The monoisotopic (exact) mass is 376 g/mol. The maximum atomic E-state index is 9.12. The van der Waals surface area contributed by atoms with Crippen LogP contribution in [0.1, 0.15) is 18.5 Å². The van der Waals surface area contributed by atoms with Crippen LogP contribution >= 0.6 is 0 Å². The molecule has 0 atom stereocenters. The molecule has 9 heteroatoms. The fourth-order valence-corrected chi connectivity index (χ4v) is 3.96. The van der Waals surface area contributed by atoms with Crippen molar-refractivity contribution < 1.29 is 14.7 Å². The third kappa shape index (κ3) is 3.80. The number of piperazine rings is 1. The van der Waals surface area contributed by atoms with Crippen LogP contribution in [0, 0.1) is 0 Å². The van der Waals surface area contributed by atoms with Crippen molar-refractivity contribution in [3.63, 3.8) is 0 Å². The highest BCUT2D eigenvalue weighted by Gasteiger charge is 2.40. The van der Waals surface area contributed by atoms with Crippen LogP contribution in [0.15, 0.2) is 17.3 Å². The number of hydrogen-bond acceptors (Lipinski definition) is 8. The Kier molecular flexibility index (Phi) is 5.07. The average molecular weight is 376 g/mol. The number of oxime groups is 1. The Bertz CT molecular complexity index is 688. The lowest BCUT2D eigenvalue weighted by Crippen LogP contribution is -2.46. The molecule has 0 unspecified atom stereocenters. The van der Waals surface area contributed by atoms with E-state index >= 15 is 0 Å². The molecular formula is C18H28N6O3. The van der Waals surface area contributed by atoms with Gasteiger partial charge >= 0.3 is 0 Å². The zero-order valence-corrected chi connectivity index (χ0v) is 15.8. The number of hydrogen-bond donors (Lipinski definition) is 2. The zero-order chi connectivity index (χ0) is 18.9. The number of amidine groups is 1. The minimum Gasteiger partial charge on any atom is -0.409 e. The number of anilines is 2. The van der Waals surface area contributed by atoms with Crippen molar-refractivity contribution in [2.45, 2.75) is 18.6 Å². The predicted octanol–water partition coefficient (Wildman–Crippen LogP) is 0.271. The van der Waals surface area contributed by atoms with E-state index in [9.17, 15) is 0 Å². The number of nitrogens with zero attached hydrogens (tertiary/aromatic N) is 5. The van der Waals surface area contributed by atoms with Gasteiger partial charge in [0.15, 0.2) is 11.6 Å². The second-order valence-corrected chi connectivity index (χ2v) is 7.44. The number of piperidine rings is 1. The summed E-state index contributed by atoms with van der Waals surface area (Å²) < 4.78 is 11.6. The van der Waals surface area contributed by atoms with E-state index in [4.69, 9.17) is 20.4 Å². The highest BCUT2D eigenvalue weighted by Crippen LogP contribution is 2.33. The van der Waals surface area contributed by atoms with E-state index in [1.807, 2.05) is 6.07 Å². The molecule has 0 bridgehead atoms. The maximum absolute atomic E-state index is 9.12. The van der Waals surface area contributed by atoms with Crippen molar-refractivity contribution in [3.05, 3.63) is 17.8 Å². The molecule has 0 aromatic carbocycles. The number of likely N-dealkylation sites (N-methyl/N-ethyl adjacent to an activating group) is 1. The summed E-state index contributed by atoms with van der Waals surface area (Å²) in [4.78, 5) is 11.5. The smallest absolute Gasteiger partial charge is 0.188 e. The molecule has 1 spiro atoms. The van der Waals surface area contributed by atoms with Gasteiger partial charge in [0, 0.05) is 63.9 Å². The van der Waals surface area contributed by atoms with Crippen LogP contribution in [0.2, 0.25) is 0 Å². The molecule has 0 aliphatic carbocycles. The molecule has 148 valence electrons. The van der Waals surface area contributed by atoms with Gasteiger partial charge in [0.2, 0.25) is 0 Å². The molecular weight excluding hydrogens is 348 g/mol. The lowest BCUT2D eigenvalue weighted by atomic mass is 10.0. The summed E-state index contributed by atoms with van der Waals surface area (Å²) >= 11 is 0. The number of nitrogens with two attached hydrogens (primary N) is 1. The van der Waals surface area contributed by atoms with E-state index in [0.29, 0.717) is 18.9 Å². The Morgan fingerprint density at radius 3 is 2.37 bits per heavy atom. The van der Waals surface area contributed by atoms with Crippen LogP contribution in [0.5, 0.6) is 0 Å². The third-order valence-electron chi connectivity index (χ3n) is 5.70. The lowest BCUT2D eigenvalue weighted by molar-refractivity contribution is -0.169. The standard InChI is InChI=1S/C18H28N6O3/c1-22-6-8-23(9-7-22)14-12-15(17(19)21-25)20-16(13-14)24-4-2-18(3-5-24)26-10-11-27-18/h12-13,25H,2-11H2,1H3,(H2,19,21). The second kappa shape index (κ2) is 7.49. The van der Waals surface area contributed by atoms with E-state index in [1.54, 1.807) is 0 Å². The summed E-state index contributed by atoms with van der Waals surface area (Å²) in [5, 5.41) is 12.3. The molecule has 4 heterocycles. The summed E-state index contributed by atoms with van der Waals surface area (Å²) in [6.07, 6.45) is 1.62. The van der Waals surface area contributed by atoms with E-state index in [-0.39, 0.29) is 5.84 Å². The van der Waals surface area contributed by atoms with Crippen LogP contribution < -0.4 is 15.5 Å². The van der Waals surface area contributed by atoms with E-state index in [2.05, 4.69) is 38.0 Å². The first kappa shape index (κ1) is 18.3. The Morgan fingerprint density at radius 1 is 1.07 bits per heavy atom. The third-order valence-corrected chi connectivity index (χ3v) is 5.70.